The SMILES string of the molecule is Br.CCOc1cc2c(c(F)c1OCC)C(=N)N(C(C=O)c1cc(C(C)C)c(OC)c(N3CCOCC3)c1)C2. The zero-order valence-corrected chi connectivity index (χ0v) is 24.3. The van der Waals surface area contributed by atoms with Crippen LogP contribution in [0.25, 0.3) is 0 Å². The summed E-state index contributed by atoms with van der Waals surface area (Å²) in [6, 6.07) is 4.86. The van der Waals surface area contributed by atoms with Crippen molar-refractivity contribution >= 4 is 34.8 Å². The van der Waals surface area contributed by atoms with Gasteiger partial charge < -0.3 is 33.5 Å². The van der Waals surface area contributed by atoms with Gasteiger partial charge in [0, 0.05) is 19.6 Å². The van der Waals surface area contributed by atoms with Gasteiger partial charge in [-0.2, -0.15) is 0 Å². The molecule has 10 heteroatoms. The van der Waals surface area contributed by atoms with Crippen molar-refractivity contribution in [1.29, 1.82) is 5.41 Å². The number of fused-ring (bicyclic) bond motifs is 1. The average Bonchev–Trinajstić information content (AvgIpc) is 3.22. The zero-order chi connectivity index (χ0) is 26.7. The van der Waals surface area contributed by atoms with Crippen LogP contribution in [0.1, 0.15) is 61.9 Å². The van der Waals surface area contributed by atoms with Crippen LogP contribution in [-0.4, -0.2) is 63.6 Å². The number of nitrogens with zero attached hydrogens (tertiary/aromatic N) is 2. The summed E-state index contributed by atoms with van der Waals surface area (Å²) in [5, 5.41) is 8.86. The molecule has 1 N–H and O–H groups in total. The number of carbonyl (C=O) groups excluding carboxylic acids is 1. The molecule has 0 radical (unpaired) electrons. The fourth-order valence-electron chi connectivity index (χ4n) is 5.08. The Kier molecular flexibility index (Phi) is 10.0. The van der Waals surface area contributed by atoms with Crippen molar-refractivity contribution in [2.24, 2.45) is 0 Å². The Morgan fingerprint density at radius 2 is 1.79 bits per heavy atom. The highest BCUT2D eigenvalue weighted by Gasteiger charge is 2.37. The molecule has 0 amide bonds. The van der Waals surface area contributed by atoms with E-state index >= 15 is 4.39 Å². The lowest BCUT2D eigenvalue weighted by Gasteiger charge is -2.33. The topological polar surface area (TPSA) is 84.3 Å². The maximum Gasteiger partial charge on any atom is 0.197 e. The van der Waals surface area contributed by atoms with E-state index in [9.17, 15) is 4.79 Å². The number of hydrogen-bond donors (Lipinski definition) is 1. The second kappa shape index (κ2) is 12.8. The lowest BCUT2D eigenvalue weighted by atomic mass is 9.94. The summed E-state index contributed by atoms with van der Waals surface area (Å²) < 4.78 is 38.2. The van der Waals surface area contributed by atoms with Crippen LogP contribution in [0.15, 0.2) is 18.2 Å². The highest BCUT2D eigenvalue weighted by atomic mass is 79.9. The smallest absolute Gasteiger partial charge is 0.197 e. The van der Waals surface area contributed by atoms with E-state index in [1.807, 2.05) is 19.1 Å². The van der Waals surface area contributed by atoms with Crippen LogP contribution in [0, 0.1) is 11.2 Å². The maximum atomic E-state index is 15.6. The third kappa shape index (κ3) is 5.47. The van der Waals surface area contributed by atoms with Crippen LogP contribution >= 0.6 is 17.0 Å². The van der Waals surface area contributed by atoms with Gasteiger partial charge in [0.25, 0.3) is 0 Å². The first-order chi connectivity index (χ1) is 17.9. The zero-order valence-electron chi connectivity index (χ0n) is 22.6. The van der Waals surface area contributed by atoms with Crippen molar-refractivity contribution in [1.82, 2.24) is 4.90 Å². The Morgan fingerprint density at radius 3 is 2.37 bits per heavy atom. The third-order valence-corrected chi connectivity index (χ3v) is 6.83. The molecule has 2 aromatic carbocycles. The van der Waals surface area contributed by atoms with Gasteiger partial charge in [0.1, 0.15) is 23.9 Å². The van der Waals surface area contributed by atoms with Gasteiger partial charge in [0.15, 0.2) is 17.3 Å². The van der Waals surface area contributed by atoms with Gasteiger partial charge in [0.05, 0.1) is 44.8 Å². The molecule has 2 aromatic rings. The van der Waals surface area contributed by atoms with Crippen molar-refractivity contribution in [3.05, 3.63) is 46.3 Å². The summed E-state index contributed by atoms with van der Waals surface area (Å²) in [6.07, 6.45) is 0.820. The second-order valence-electron chi connectivity index (χ2n) is 9.39. The Balaban J connectivity index is 0.00000400. The molecule has 38 heavy (non-hydrogen) atoms. The molecular weight excluding hydrogens is 557 g/mol. The molecular formula is C28H37BrFN3O5. The van der Waals surface area contributed by atoms with Crippen molar-refractivity contribution in [3.63, 3.8) is 0 Å². The molecule has 1 saturated heterocycles. The van der Waals surface area contributed by atoms with E-state index in [0.717, 1.165) is 28.8 Å². The molecule has 0 bridgehead atoms. The predicted molar refractivity (Wildman–Crippen MR) is 150 cm³/mol. The van der Waals surface area contributed by atoms with Crippen molar-refractivity contribution in [2.75, 3.05) is 51.5 Å². The molecule has 2 heterocycles. The molecule has 1 fully saturated rings. The largest absolute Gasteiger partial charge is 0.494 e. The summed E-state index contributed by atoms with van der Waals surface area (Å²) in [4.78, 5) is 16.4. The number of ether oxygens (including phenoxy) is 4. The van der Waals surface area contributed by atoms with E-state index in [4.69, 9.17) is 24.4 Å². The van der Waals surface area contributed by atoms with Crippen LogP contribution in [0.3, 0.4) is 0 Å². The summed E-state index contributed by atoms with van der Waals surface area (Å²) in [5.41, 5.74) is 3.33. The molecule has 0 spiro atoms. The van der Waals surface area contributed by atoms with Gasteiger partial charge in [-0.05, 0) is 54.7 Å². The van der Waals surface area contributed by atoms with Gasteiger partial charge >= 0.3 is 0 Å². The number of carbonyl (C=O) groups is 1. The Bertz CT molecular complexity index is 1170. The molecule has 0 saturated carbocycles. The van der Waals surface area contributed by atoms with Gasteiger partial charge in [0.2, 0.25) is 0 Å². The van der Waals surface area contributed by atoms with Gasteiger partial charge in [-0.1, -0.05) is 13.8 Å². The molecule has 4 rings (SSSR count). The first kappa shape index (κ1) is 29.7. The minimum atomic E-state index is -0.784. The Labute approximate surface area is 234 Å². The number of nitrogens with one attached hydrogen (secondary N) is 1. The van der Waals surface area contributed by atoms with Crippen LogP contribution in [0.5, 0.6) is 17.2 Å². The summed E-state index contributed by atoms with van der Waals surface area (Å²) in [6.45, 7) is 11.2. The predicted octanol–water partition coefficient (Wildman–Crippen LogP) is 5.25. The van der Waals surface area contributed by atoms with Crippen LogP contribution < -0.4 is 19.1 Å². The fraction of sp³-hybridized carbons (Fsp3) is 0.500. The number of amidine groups is 1. The number of benzene rings is 2. The number of aldehydes is 1. The van der Waals surface area contributed by atoms with E-state index in [1.165, 1.54) is 0 Å². The lowest BCUT2D eigenvalue weighted by molar-refractivity contribution is -0.111. The first-order valence-corrected chi connectivity index (χ1v) is 12.8. The van der Waals surface area contributed by atoms with Gasteiger partial charge in [-0.25, -0.2) is 4.39 Å². The number of anilines is 1. The lowest BCUT2D eigenvalue weighted by Crippen LogP contribution is -2.37. The minimum Gasteiger partial charge on any atom is -0.494 e. The van der Waals surface area contributed by atoms with Gasteiger partial charge in [-0.15, -0.1) is 17.0 Å². The number of halogens is 2. The highest BCUT2D eigenvalue weighted by Crippen LogP contribution is 2.43. The van der Waals surface area contributed by atoms with E-state index in [-0.39, 0.29) is 53.2 Å². The van der Waals surface area contributed by atoms with E-state index in [0.29, 0.717) is 44.2 Å². The monoisotopic (exact) mass is 593 g/mol. The van der Waals surface area contributed by atoms with E-state index in [2.05, 4.69) is 18.7 Å². The second-order valence-corrected chi connectivity index (χ2v) is 9.39. The summed E-state index contributed by atoms with van der Waals surface area (Å²) in [7, 11) is 1.66. The van der Waals surface area contributed by atoms with Gasteiger partial charge in [-0.3, -0.25) is 5.41 Å². The number of methoxy groups -OCH3 is 1. The Hall–Kier alpha value is -2.85. The van der Waals surface area contributed by atoms with Crippen molar-refractivity contribution < 1.29 is 28.1 Å². The van der Waals surface area contributed by atoms with Crippen LogP contribution in [0.2, 0.25) is 0 Å². The number of rotatable bonds is 10. The third-order valence-electron chi connectivity index (χ3n) is 6.83. The molecule has 0 aromatic heterocycles. The standard InChI is InChI=1S/C28H36FN3O5.BrH/c1-6-36-23-14-19-15-32(28(30)24(19)25(29)27(23)37-7-2)22(16-33)18-12-20(17(3)4)26(34-5)21(13-18)31-8-10-35-11-9-31;/h12-14,16-17,22,30H,6-11,15H2,1-5H3;1H. The van der Waals surface area contributed by atoms with Crippen LogP contribution in [-0.2, 0) is 16.1 Å². The molecule has 1 unspecified atom stereocenters. The Morgan fingerprint density at radius 1 is 1.11 bits per heavy atom. The molecule has 2 aliphatic rings. The number of morpholine rings is 1. The summed E-state index contributed by atoms with van der Waals surface area (Å²) >= 11 is 0. The quantitative estimate of drug-likeness (QED) is 0.376. The number of hydrogen-bond acceptors (Lipinski definition) is 7. The van der Waals surface area contributed by atoms with E-state index in [1.54, 1.807) is 25.0 Å². The molecule has 208 valence electrons. The van der Waals surface area contributed by atoms with Crippen molar-refractivity contribution in [2.45, 2.75) is 46.2 Å². The molecule has 0 aliphatic carbocycles. The fourth-order valence-corrected chi connectivity index (χ4v) is 5.08. The minimum absolute atomic E-state index is 0. The summed E-state index contributed by atoms with van der Waals surface area (Å²) in [5.74, 6) is 0.531. The van der Waals surface area contributed by atoms with E-state index < -0.39 is 11.9 Å². The van der Waals surface area contributed by atoms with Crippen molar-refractivity contribution in [3.8, 4) is 17.2 Å². The average molecular weight is 595 g/mol. The molecule has 2 aliphatic heterocycles. The maximum absolute atomic E-state index is 15.6. The molecule has 8 nitrogen and oxygen atoms in total. The van der Waals surface area contributed by atoms with Crippen LogP contribution in [0.4, 0.5) is 10.1 Å². The first-order valence-electron chi connectivity index (χ1n) is 12.8. The highest BCUT2D eigenvalue weighted by molar-refractivity contribution is 8.93. The normalized spacial score (nSPS) is 15.7. The molecule has 1 atom stereocenters.